The smallest absolute Gasteiger partial charge is 0.261 e. The second kappa shape index (κ2) is 9.47. The molecule has 0 aromatic heterocycles. The van der Waals surface area contributed by atoms with Gasteiger partial charge in [-0.05, 0) is 79.7 Å². The molecule has 29 heavy (non-hydrogen) atoms. The molecule has 0 unspecified atom stereocenters. The minimum absolute atomic E-state index is 0.00494. The molecule has 1 N–H and O–H groups in total. The van der Waals surface area contributed by atoms with Gasteiger partial charge in [0.05, 0.1) is 0 Å². The van der Waals surface area contributed by atoms with Crippen LogP contribution in [0.25, 0.3) is 0 Å². The molecule has 3 heteroatoms. The predicted molar refractivity (Wildman–Crippen MR) is 119 cm³/mol. The summed E-state index contributed by atoms with van der Waals surface area (Å²) in [5, 5.41) is 3.18. The lowest BCUT2D eigenvalue weighted by atomic mass is 9.79. The highest BCUT2D eigenvalue weighted by Gasteiger charge is 2.26. The molecular weight excluding hydrogens is 358 g/mol. The molecule has 3 nitrogen and oxygen atoms in total. The van der Waals surface area contributed by atoms with E-state index in [-0.39, 0.29) is 17.4 Å². The zero-order valence-electron chi connectivity index (χ0n) is 18.3. The molecule has 2 atom stereocenters. The van der Waals surface area contributed by atoms with Crippen LogP contribution in [0.15, 0.2) is 48.5 Å². The highest BCUT2D eigenvalue weighted by atomic mass is 16.5. The van der Waals surface area contributed by atoms with Crippen LogP contribution < -0.4 is 10.1 Å². The fourth-order valence-electron chi connectivity index (χ4n) is 4.43. The van der Waals surface area contributed by atoms with Crippen molar-refractivity contribution in [2.24, 2.45) is 0 Å². The molecule has 0 bridgehead atoms. The Morgan fingerprint density at radius 3 is 2.45 bits per heavy atom. The molecular formula is C26H35NO2. The Hall–Kier alpha value is -2.29. The Balaban J connectivity index is 1.59. The van der Waals surface area contributed by atoms with E-state index in [1.807, 2.05) is 19.1 Å². The third kappa shape index (κ3) is 5.62. The first-order valence-electron chi connectivity index (χ1n) is 11.0. The van der Waals surface area contributed by atoms with Crippen molar-refractivity contribution in [2.45, 2.75) is 83.8 Å². The summed E-state index contributed by atoms with van der Waals surface area (Å²) in [4.78, 5) is 12.9. The van der Waals surface area contributed by atoms with Gasteiger partial charge in [0.2, 0.25) is 0 Å². The highest BCUT2D eigenvalue weighted by molar-refractivity contribution is 5.81. The summed E-state index contributed by atoms with van der Waals surface area (Å²) in [7, 11) is 0. The molecule has 0 saturated heterocycles. The van der Waals surface area contributed by atoms with E-state index in [4.69, 9.17) is 4.74 Å². The normalized spacial score (nSPS) is 15.9. The lowest BCUT2D eigenvalue weighted by Gasteiger charge is -2.30. The minimum Gasteiger partial charge on any atom is -0.481 e. The van der Waals surface area contributed by atoms with E-state index in [1.165, 1.54) is 29.5 Å². The first-order valence-corrected chi connectivity index (χ1v) is 11.0. The van der Waals surface area contributed by atoms with Gasteiger partial charge < -0.3 is 10.1 Å². The van der Waals surface area contributed by atoms with E-state index in [0.717, 1.165) is 25.0 Å². The standard InChI is InChI=1S/C26H35NO2/c1-5-24(29-23-16-15-20-11-9-10-12-21(20)17-23)25(28)27-19(2)18-26(3,4)22-13-7-6-8-14-22/h6-8,13-17,19,24H,5,9-12,18H2,1-4H3,(H,27,28)/t19-,24-/m0/s1. The maximum Gasteiger partial charge on any atom is 0.261 e. The van der Waals surface area contributed by atoms with Crippen molar-refractivity contribution < 1.29 is 9.53 Å². The zero-order chi connectivity index (χ0) is 20.9. The van der Waals surface area contributed by atoms with Crippen molar-refractivity contribution in [1.29, 1.82) is 0 Å². The average Bonchev–Trinajstić information content (AvgIpc) is 2.72. The number of ether oxygens (including phenoxy) is 1. The fourth-order valence-corrected chi connectivity index (χ4v) is 4.43. The van der Waals surface area contributed by atoms with Gasteiger partial charge in [-0.1, -0.05) is 57.2 Å². The number of hydrogen-bond donors (Lipinski definition) is 1. The number of hydrogen-bond acceptors (Lipinski definition) is 2. The van der Waals surface area contributed by atoms with Crippen LogP contribution in [0.1, 0.15) is 70.1 Å². The summed E-state index contributed by atoms with van der Waals surface area (Å²) in [5.41, 5.74) is 4.09. The summed E-state index contributed by atoms with van der Waals surface area (Å²) >= 11 is 0. The molecule has 0 spiro atoms. The van der Waals surface area contributed by atoms with E-state index in [0.29, 0.717) is 6.42 Å². The average molecular weight is 394 g/mol. The molecule has 2 aromatic carbocycles. The molecule has 0 fully saturated rings. The number of carbonyl (C=O) groups excluding carboxylic acids is 1. The maximum absolute atomic E-state index is 12.9. The molecule has 1 aliphatic rings. The Kier molecular flexibility index (Phi) is 7.00. The van der Waals surface area contributed by atoms with Gasteiger partial charge in [-0.3, -0.25) is 4.79 Å². The van der Waals surface area contributed by atoms with Crippen molar-refractivity contribution in [2.75, 3.05) is 0 Å². The third-order valence-corrected chi connectivity index (χ3v) is 6.02. The van der Waals surface area contributed by atoms with Crippen LogP contribution in [0, 0.1) is 0 Å². The third-order valence-electron chi connectivity index (χ3n) is 6.02. The number of benzene rings is 2. The van der Waals surface area contributed by atoms with Crippen LogP contribution in [0.2, 0.25) is 0 Å². The van der Waals surface area contributed by atoms with Crippen LogP contribution in [-0.2, 0) is 23.1 Å². The van der Waals surface area contributed by atoms with Gasteiger partial charge in [0.1, 0.15) is 5.75 Å². The van der Waals surface area contributed by atoms with E-state index >= 15 is 0 Å². The second-order valence-electron chi connectivity index (χ2n) is 9.02. The SMILES string of the molecule is CC[C@H](Oc1ccc2c(c1)CCCC2)C(=O)N[C@@H](C)CC(C)(C)c1ccccc1. The van der Waals surface area contributed by atoms with Crippen molar-refractivity contribution in [3.8, 4) is 5.75 Å². The molecule has 0 saturated carbocycles. The number of carbonyl (C=O) groups is 1. The predicted octanol–water partition coefficient (Wildman–Crippen LogP) is 5.60. The molecule has 0 heterocycles. The Morgan fingerprint density at radius 2 is 1.76 bits per heavy atom. The van der Waals surface area contributed by atoms with Crippen molar-refractivity contribution in [1.82, 2.24) is 5.32 Å². The number of rotatable bonds is 8. The van der Waals surface area contributed by atoms with E-state index in [2.05, 4.69) is 62.5 Å². The Bertz CT molecular complexity index is 813. The van der Waals surface area contributed by atoms with Gasteiger partial charge in [0.25, 0.3) is 5.91 Å². The Morgan fingerprint density at radius 1 is 1.07 bits per heavy atom. The molecule has 2 aromatic rings. The van der Waals surface area contributed by atoms with Crippen molar-refractivity contribution in [3.63, 3.8) is 0 Å². The lowest BCUT2D eigenvalue weighted by molar-refractivity contribution is -0.128. The maximum atomic E-state index is 12.9. The highest BCUT2D eigenvalue weighted by Crippen LogP contribution is 2.29. The second-order valence-corrected chi connectivity index (χ2v) is 9.02. The summed E-state index contributed by atoms with van der Waals surface area (Å²) in [6.45, 7) is 8.53. The molecule has 3 rings (SSSR count). The molecule has 1 aliphatic carbocycles. The van der Waals surface area contributed by atoms with Crippen molar-refractivity contribution in [3.05, 3.63) is 65.2 Å². The van der Waals surface area contributed by atoms with E-state index in [9.17, 15) is 4.79 Å². The number of aryl methyl sites for hydroxylation is 2. The lowest BCUT2D eigenvalue weighted by Crippen LogP contribution is -2.44. The van der Waals surface area contributed by atoms with Gasteiger partial charge in [-0.2, -0.15) is 0 Å². The largest absolute Gasteiger partial charge is 0.481 e. The monoisotopic (exact) mass is 393 g/mol. The Labute approximate surface area is 175 Å². The van der Waals surface area contributed by atoms with Crippen LogP contribution in [-0.4, -0.2) is 18.1 Å². The molecule has 156 valence electrons. The van der Waals surface area contributed by atoms with E-state index < -0.39 is 6.10 Å². The quantitative estimate of drug-likeness (QED) is 0.634. The van der Waals surface area contributed by atoms with Crippen LogP contribution in [0.4, 0.5) is 0 Å². The van der Waals surface area contributed by atoms with Crippen LogP contribution in [0.5, 0.6) is 5.75 Å². The summed E-state index contributed by atoms with van der Waals surface area (Å²) in [5.74, 6) is 0.784. The molecule has 0 aliphatic heterocycles. The fraction of sp³-hybridized carbons (Fsp3) is 0.500. The zero-order valence-corrected chi connectivity index (χ0v) is 18.3. The van der Waals surface area contributed by atoms with Gasteiger partial charge >= 0.3 is 0 Å². The number of nitrogens with one attached hydrogen (secondary N) is 1. The van der Waals surface area contributed by atoms with Gasteiger partial charge in [-0.15, -0.1) is 0 Å². The summed E-state index contributed by atoms with van der Waals surface area (Å²) in [6.07, 6.45) is 5.84. The minimum atomic E-state index is -0.459. The van der Waals surface area contributed by atoms with Crippen molar-refractivity contribution >= 4 is 5.91 Å². The van der Waals surface area contributed by atoms with Gasteiger partial charge in [0, 0.05) is 6.04 Å². The van der Waals surface area contributed by atoms with Crippen LogP contribution >= 0.6 is 0 Å². The first-order chi connectivity index (χ1) is 13.9. The first kappa shape index (κ1) is 21.4. The number of amides is 1. The molecule has 1 amide bonds. The number of fused-ring (bicyclic) bond motifs is 1. The van der Waals surface area contributed by atoms with Gasteiger partial charge in [0.15, 0.2) is 6.10 Å². The van der Waals surface area contributed by atoms with Gasteiger partial charge in [-0.25, -0.2) is 0 Å². The molecule has 0 radical (unpaired) electrons. The summed E-state index contributed by atoms with van der Waals surface area (Å²) < 4.78 is 6.10. The van der Waals surface area contributed by atoms with Crippen LogP contribution in [0.3, 0.4) is 0 Å². The topological polar surface area (TPSA) is 38.3 Å². The van der Waals surface area contributed by atoms with E-state index in [1.54, 1.807) is 0 Å². The summed E-state index contributed by atoms with van der Waals surface area (Å²) in [6, 6.07) is 16.9.